The molecular weight excluding hydrogens is 285 g/mol. The van der Waals surface area contributed by atoms with Gasteiger partial charge in [-0.1, -0.05) is 28.8 Å². The fourth-order valence-electron chi connectivity index (χ4n) is 1.38. The van der Waals surface area contributed by atoms with E-state index in [9.17, 15) is 18.0 Å². The Hall–Kier alpha value is -0.0600. The normalized spacial score (nSPS) is 11.8. The maximum atomic E-state index is 11.8. The van der Waals surface area contributed by atoms with Crippen LogP contribution in [-0.4, -0.2) is 17.3 Å². The van der Waals surface area contributed by atoms with Gasteiger partial charge in [-0.2, -0.15) is 13.2 Å². The third-order valence-corrected chi connectivity index (χ3v) is 2.82. The molecule has 96 valence electrons. The van der Waals surface area contributed by atoms with Gasteiger partial charge in [-0.15, -0.1) is 0 Å². The minimum atomic E-state index is -4.13. The van der Waals surface area contributed by atoms with Gasteiger partial charge in [0.25, 0.3) is 0 Å². The number of halogens is 4. The van der Waals surface area contributed by atoms with Crippen molar-refractivity contribution in [3.05, 3.63) is 0 Å². The van der Waals surface area contributed by atoms with E-state index in [1.807, 2.05) is 0 Å². The van der Waals surface area contributed by atoms with E-state index in [2.05, 4.69) is 15.9 Å². The van der Waals surface area contributed by atoms with Crippen LogP contribution in [0, 0.1) is 0 Å². The molecule has 0 N–H and O–H groups in total. The Balaban J connectivity index is 3.32. The maximum absolute atomic E-state index is 11.8. The second-order valence-corrected chi connectivity index (χ2v) is 4.65. The maximum Gasteiger partial charge on any atom is 0.389 e. The summed E-state index contributed by atoms with van der Waals surface area (Å²) in [7, 11) is 0. The van der Waals surface area contributed by atoms with Crippen molar-refractivity contribution < 1.29 is 18.0 Å². The minimum absolute atomic E-state index is 0.0388. The number of hydrogen-bond acceptors (Lipinski definition) is 1. The van der Waals surface area contributed by atoms with Crippen LogP contribution in [0.25, 0.3) is 0 Å². The molecule has 0 atom stereocenters. The van der Waals surface area contributed by atoms with Crippen LogP contribution in [0.15, 0.2) is 0 Å². The smallest absolute Gasteiger partial charge is 0.300 e. The van der Waals surface area contributed by atoms with Gasteiger partial charge in [0.1, 0.15) is 5.78 Å². The molecule has 0 radical (unpaired) electrons. The van der Waals surface area contributed by atoms with Crippen LogP contribution >= 0.6 is 15.9 Å². The molecule has 0 amide bonds. The summed E-state index contributed by atoms with van der Waals surface area (Å²) in [6, 6.07) is 0. The number of carbonyl (C=O) groups excluding carboxylic acids is 1. The minimum Gasteiger partial charge on any atom is -0.300 e. The lowest BCUT2D eigenvalue weighted by atomic mass is 10.1. The molecule has 0 saturated carbocycles. The molecule has 0 bridgehead atoms. The fourth-order valence-corrected chi connectivity index (χ4v) is 1.78. The SMILES string of the molecule is O=C(CCCCCCBr)CCCC(F)(F)F. The van der Waals surface area contributed by atoms with Crippen molar-refractivity contribution in [1.82, 2.24) is 0 Å². The monoisotopic (exact) mass is 302 g/mol. The molecule has 0 saturated heterocycles. The number of rotatable bonds is 9. The molecule has 0 aromatic rings. The third kappa shape index (κ3) is 12.0. The van der Waals surface area contributed by atoms with Crippen molar-refractivity contribution >= 4 is 21.7 Å². The van der Waals surface area contributed by atoms with Crippen LogP contribution < -0.4 is 0 Å². The largest absolute Gasteiger partial charge is 0.389 e. The zero-order valence-electron chi connectivity index (χ0n) is 9.28. The molecule has 0 fully saturated rings. The number of Topliss-reactive ketones (excluding diaryl/α,β-unsaturated/α-hetero) is 1. The van der Waals surface area contributed by atoms with Crippen LogP contribution in [0.5, 0.6) is 0 Å². The van der Waals surface area contributed by atoms with Crippen molar-refractivity contribution in [2.45, 2.75) is 57.5 Å². The highest BCUT2D eigenvalue weighted by atomic mass is 79.9. The molecule has 0 aliphatic rings. The Morgan fingerprint density at radius 2 is 1.50 bits per heavy atom. The predicted molar refractivity (Wildman–Crippen MR) is 61.8 cm³/mol. The van der Waals surface area contributed by atoms with E-state index in [1.165, 1.54) is 0 Å². The Bertz CT molecular complexity index is 192. The standard InChI is InChI=1S/C11H18BrF3O/c12-9-4-2-1-3-6-10(16)7-5-8-11(13,14)15/h1-9H2. The number of hydrogen-bond donors (Lipinski definition) is 0. The van der Waals surface area contributed by atoms with Gasteiger partial charge in [-0.3, -0.25) is 4.79 Å². The van der Waals surface area contributed by atoms with Crippen molar-refractivity contribution in [3.8, 4) is 0 Å². The zero-order valence-corrected chi connectivity index (χ0v) is 10.9. The Morgan fingerprint density at radius 1 is 0.938 bits per heavy atom. The van der Waals surface area contributed by atoms with Crippen LogP contribution in [0.2, 0.25) is 0 Å². The second kappa shape index (κ2) is 9.02. The highest BCUT2D eigenvalue weighted by Gasteiger charge is 2.26. The molecule has 0 rings (SSSR count). The fraction of sp³-hybridized carbons (Fsp3) is 0.909. The van der Waals surface area contributed by atoms with Crippen LogP contribution in [0.3, 0.4) is 0 Å². The summed E-state index contributed by atoms with van der Waals surface area (Å²) < 4.78 is 35.3. The van der Waals surface area contributed by atoms with E-state index in [-0.39, 0.29) is 18.6 Å². The first-order valence-corrected chi connectivity index (χ1v) is 6.72. The summed E-state index contributed by atoms with van der Waals surface area (Å²) in [5.74, 6) is -0.0388. The Morgan fingerprint density at radius 3 is 2.06 bits per heavy atom. The van der Waals surface area contributed by atoms with E-state index in [4.69, 9.17) is 0 Å². The van der Waals surface area contributed by atoms with Gasteiger partial charge in [0.2, 0.25) is 0 Å². The van der Waals surface area contributed by atoms with Crippen molar-refractivity contribution in [2.24, 2.45) is 0 Å². The molecule has 5 heteroatoms. The van der Waals surface area contributed by atoms with Crippen molar-refractivity contribution in [1.29, 1.82) is 0 Å². The highest BCUT2D eigenvalue weighted by Crippen LogP contribution is 2.22. The molecular formula is C11H18BrF3O. The van der Waals surface area contributed by atoms with E-state index < -0.39 is 12.6 Å². The number of carbonyl (C=O) groups is 1. The average molecular weight is 303 g/mol. The first-order chi connectivity index (χ1) is 7.45. The number of unbranched alkanes of at least 4 members (excludes halogenated alkanes) is 3. The molecule has 0 aromatic heterocycles. The topological polar surface area (TPSA) is 17.1 Å². The lowest BCUT2D eigenvalue weighted by molar-refractivity contribution is -0.137. The molecule has 0 heterocycles. The number of ketones is 1. The van der Waals surface area contributed by atoms with Gasteiger partial charge < -0.3 is 0 Å². The summed E-state index contributed by atoms with van der Waals surface area (Å²) in [6.45, 7) is 0. The van der Waals surface area contributed by atoms with Gasteiger partial charge >= 0.3 is 6.18 Å². The lowest BCUT2D eigenvalue weighted by Gasteiger charge is -2.05. The molecule has 0 aliphatic heterocycles. The average Bonchev–Trinajstić information content (AvgIpc) is 2.15. The van der Waals surface area contributed by atoms with Crippen LogP contribution in [0.1, 0.15) is 51.4 Å². The zero-order chi connectivity index (χ0) is 12.4. The summed E-state index contributed by atoms with van der Waals surface area (Å²) >= 11 is 3.31. The summed E-state index contributed by atoms with van der Waals surface area (Å²) in [4.78, 5) is 11.2. The Kier molecular flexibility index (Phi) is 8.99. The van der Waals surface area contributed by atoms with E-state index in [0.29, 0.717) is 6.42 Å². The molecule has 16 heavy (non-hydrogen) atoms. The molecule has 0 spiro atoms. The number of alkyl halides is 4. The van der Waals surface area contributed by atoms with Crippen LogP contribution in [-0.2, 0) is 4.79 Å². The molecule has 1 nitrogen and oxygen atoms in total. The third-order valence-electron chi connectivity index (χ3n) is 2.26. The summed E-state index contributed by atoms with van der Waals surface area (Å²) in [5, 5.41) is 0.965. The highest BCUT2D eigenvalue weighted by molar-refractivity contribution is 9.09. The summed E-state index contributed by atoms with van der Waals surface area (Å²) in [6.07, 6.45) is -0.599. The van der Waals surface area contributed by atoms with Gasteiger partial charge in [0, 0.05) is 24.6 Å². The molecule has 0 aromatic carbocycles. The first kappa shape index (κ1) is 15.9. The second-order valence-electron chi connectivity index (χ2n) is 3.86. The van der Waals surface area contributed by atoms with Crippen molar-refractivity contribution in [3.63, 3.8) is 0 Å². The van der Waals surface area contributed by atoms with Gasteiger partial charge in [0.05, 0.1) is 0 Å². The van der Waals surface area contributed by atoms with Gasteiger partial charge in [-0.05, 0) is 19.3 Å². The van der Waals surface area contributed by atoms with E-state index >= 15 is 0 Å². The van der Waals surface area contributed by atoms with Crippen LogP contribution in [0.4, 0.5) is 13.2 Å². The van der Waals surface area contributed by atoms with E-state index in [0.717, 1.165) is 31.0 Å². The lowest BCUT2D eigenvalue weighted by Crippen LogP contribution is -2.08. The van der Waals surface area contributed by atoms with Gasteiger partial charge in [0.15, 0.2) is 0 Å². The van der Waals surface area contributed by atoms with E-state index in [1.54, 1.807) is 0 Å². The quantitative estimate of drug-likeness (QED) is 0.448. The first-order valence-electron chi connectivity index (χ1n) is 5.60. The van der Waals surface area contributed by atoms with Gasteiger partial charge in [-0.25, -0.2) is 0 Å². The molecule has 0 unspecified atom stereocenters. The van der Waals surface area contributed by atoms with Crippen molar-refractivity contribution in [2.75, 3.05) is 5.33 Å². The molecule has 0 aliphatic carbocycles. The predicted octanol–water partition coefficient (Wildman–Crippen LogP) is 4.63. The summed E-state index contributed by atoms with van der Waals surface area (Å²) in [5.41, 5.74) is 0. The Labute approximate surface area is 103 Å².